The van der Waals surface area contributed by atoms with Crippen LogP contribution in [0, 0.1) is 23.4 Å². The van der Waals surface area contributed by atoms with Crippen LogP contribution in [-0.2, 0) is 9.53 Å². The van der Waals surface area contributed by atoms with Crippen molar-refractivity contribution in [2.75, 3.05) is 0 Å². The fraction of sp³-hybridized carbons (Fsp3) is 0.429. The van der Waals surface area contributed by atoms with Gasteiger partial charge in [-0.1, -0.05) is 0 Å². The zero-order valence-corrected chi connectivity index (χ0v) is 11.6. The molecule has 3 nitrogen and oxygen atoms in total. The summed E-state index contributed by atoms with van der Waals surface area (Å²) in [7, 11) is 0. The molecule has 1 aromatic rings. The van der Waals surface area contributed by atoms with Crippen LogP contribution >= 0.6 is 0 Å². The Hall–Kier alpha value is -1.85. The molecular formula is C14H15F3O3. The summed E-state index contributed by atoms with van der Waals surface area (Å²) in [5.74, 6) is -7.51. The molecule has 0 aliphatic heterocycles. The number of carbonyl (C=O) groups is 2. The smallest absolute Gasteiger partial charge is 0.317 e. The van der Waals surface area contributed by atoms with Gasteiger partial charge in [0, 0.05) is 5.56 Å². The first-order valence-electron chi connectivity index (χ1n) is 5.94. The van der Waals surface area contributed by atoms with Gasteiger partial charge < -0.3 is 4.74 Å². The highest BCUT2D eigenvalue weighted by molar-refractivity contribution is 6.08. The van der Waals surface area contributed by atoms with Crippen LogP contribution in [0.1, 0.15) is 38.1 Å². The molecule has 0 bridgehead atoms. The van der Waals surface area contributed by atoms with Gasteiger partial charge >= 0.3 is 5.97 Å². The molecule has 0 saturated heterocycles. The molecule has 1 rings (SSSR count). The predicted octanol–water partition coefficient (Wildman–Crippen LogP) is 3.26. The highest BCUT2D eigenvalue weighted by atomic mass is 19.2. The Kier molecular flexibility index (Phi) is 4.57. The molecule has 0 fully saturated rings. The van der Waals surface area contributed by atoms with Crippen molar-refractivity contribution in [2.45, 2.75) is 33.3 Å². The lowest BCUT2D eigenvalue weighted by Gasteiger charge is -2.21. The summed E-state index contributed by atoms with van der Waals surface area (Å²) in [5, 5.41) is 0. The van der Waals surface area contributed by atoms with E-state index in [1.807, 2.05) is 0 Å². The minimum absolute atomic E-state index is 0.417. The molecule has 0 spiro atoms. The number of esters is 1. The van der Waals surface area contributed by atoms with Crippen molar-refractivity contribution in [2.24, 2.45) is 5.92 Å². The second-order valence-electron chi connectivity index (χ2n) is 5.37. The number of ether oxygens (including phenoxy) is 1. The Morgan fingerprint density at radius 3 is 1.95 bits per heavy atom. The van der Waals surface area contributed by atoms with E-state index in [-0.39, 0.29) is 0 Å². The highest BCUT2D eigenvalue weighted by Crippen LogP contribution is 2.19. The van der Waals surface area contributed by atoms with Crippen molar-refractivity contribution < 1.29 is 27.5 Å². The lowest BCUT2D eigenvalue weighted by Crippen LogP contribution is -2.31. The van der Waals surface area contributed by atoms with E-state index in [1.54, 1.807) is 20.8 Å². The van der Waals surface area contributed by atoms with Crippen LogP contribution in [0.4, 0.5) is 13.2 Å². The van der Waals surface area contributed by atoms with Crippen molar-refractivity contribution in [3.05, 3.63) is 35.1 Å². The molecule has 0 N–H and O–H groups in total. The third-order valence-corrected chi connectivity index (χ3v) is 2.42. The van der Waals surface area contributed by atoms with E-state index in [1.165, 1.54) is 6.92 Å². The summed E-state index contributed by atoms with van der Waals surface area (Å²) in [5.41, 5.74) is -1.20. The summed E-state index contributed by atoms with van der Waals surface area (Å²) in [4.78, 5) is 23.6. The fourth-order valence-electron chi connectivity index (χ4n) is 1.44. The molecule has 1 atom stereocenters. The molecule has 20 heavy (non-hydrogen) atoms. The molecule has 0 amide bonds. The van der Waals surface area contributed by atoms with Gasteiger partial charge in [-0.05, 0) is 39.8 Å². The predicted molar refractivity (Wildman–Crippen MR) is 65.7 cm³/mol. The second kappa shape index (κ2) is 5.64. The molecule has 0 heterocycles. The van der Waals surface area contributed by atoms with Crippen molar-refractivity contribution in [3.63, 3.8) is 0 Å². The zero-order chi connectivity index (χ0) is 15.7. The maximum absolute atomic E-state index is 13.1. The molecule has 110 valence electrons. The maximum Gasteiger partial charge on any atom is 0.317 e. The van der Waals surface area contributed by atoms with Gasteiger partial charge in [-0.3, -0.25) is 9.59 Å². The van der Waals surface area contributed by atoms with E-state index in [0.29, 0.717) is 12.1 Å². The Morgan fingerprint density at radius 2 is 1.55 bits per heavy atom. The summed E-state index contributed by atoms with van der Waals surface area (Å²) in [6, 6.07) is 1.11. The maximum atomic E-state index is 13.1. The summed E-state index contributed by atoms with van der Waals surface area (Å²) in [6.45, 7) is 6.13. The molecule has 0 radical (unpaired) electrons. The number of Topliss-reactive ketones (excluding diaryl/α,β-unsaturated/α-hetero) is 1. The van der Waals surface area contributed by atoms with Crippen LogP contribution < -0.4 is 0 Å². The van der Waals surface area contributed by atoms with Gasteiger partial charge in [0.1, 0.15) is 11.5 Å². The average molecular weight is 288 g/mol. The summed E-state index contributed by atoms with van der Waals surface area (Å²) < 4.78 is 43.9. The SMILES string of the molecule is CC(C(=O)OC(C)(C)C)C(=O)c1cc(F)c(F)c(F)c1. The van der Waals surface area contributed by atoms with Gasteiger partial charge in [0.25, 0.3) is 0 Å². The fourth-order valence-corrected chi connectivity index (χ4v) is 1.44. The third kappa shape index (κ3) is 3.82. The minimum Gasteiger partial charge on any atom is -0.459 e. The monoisotopic (exact) mass is 288 g/mol. The van der Waals surface area contributed by atoms with Crippen molar-refractivity contribution in [1.82, 2.24) is 0 Å². The van der Waals surface area contributed by atoms with Gasteiger partial charge in [0.05, 0.1) is 0 Å². The molecule has 1 unspecified atom stereocenters. The minimum atomic E-state index is -1.66. The Labute approximate surface area is 114 Å². The van der Waals surface area contributed by atoms with Gasteiger partial charge in [-0.2, -0.15) is 0 Å². The van der Waals surface area contributed by atoms with Crippen molar-refractivity contribution >= 4 is 11.8 Å². The van der Waals surface area contributed by atoms with Crippen LogP contribution in [0.15, 0.2) is 12.1 Å². The number of benzene rings is 1. The van der Waals surface area contributed by atoms with Crippen LogP contribution in [0.2, 0.25) is 0 Å². The quantitative estimate of drug-likeness (QED) is 0.371. The summed E-state index contributed by atoms with van der Waals surface area (Å²) in [6.07, 6.45) is 0. The standard InChI is InChI=1S/C14H15F3O3/c1-7(13(19)20-14(2,3)4)12(18)8-5-9(15)11(17)10(16)6-8/h5-7H,1-4H3. The van der Waals surface area contributed by atoms with E-state index in [9.17, 15) is 22.8 Å². The van der Waals surface area contributed by atoms with E-state index in [0.717, 1.165) is 0 Å². The topological polar surface area (TPSA) is 43.4 Å². The van der Waals surface area contributed by atoms with Crippen molar-refractivity contribution in [3.8, 4) is 0 Å². The van der Waals surface area contributed by atoms with E-state index in [2.05, 4.69) is 0 Å². The molecule has 0 aliphatic carbocycles. The van der Waals surface area contributed by atoms with Crippen LogP contribution in [0.25, 0.3) is 0 Å². The lowest BCUT2D eigenvalue weighted by atomic mass is 9.99. The number of hydrogen-bond donors (Lipinski definition) is 0. The van der Waals surface area contributed by atoms with E-state index < -0.39 is 46.3 Å². The van der Waals surface area contributed by atoms with E-state index in [4.69, 9.17) is 4.74 Å². The number of carbonyl (C=O) groups excluding carboxylic acids is 2. The van der Waals surface area contributed by atoms with Gasteiger partial charge in [0.15, 0.2) is 23.2 Å². The Balaban J connectivity index is 2.98. The van der Waals surface area contributed by atoms with E-state index >= 15 is 0 Å². The Bertz CT molecular complexity index is 524. The second-order valence-corrected chi connectivity index (χ2v) is 5.37. The Morgan fingerprint density at radius 1 is 1.10 bits per heavy atom. The molecular weight excluding hydrogens is 273 g/mol. The first-order valence-corrected chi connectivity index (χ1v) is 5.94. The first-order chi connectivity index (χ1) is 9.03. The van der Waals surface area contributed by atoms with Crippen LogP contribution in [-0.4, -0.2) is 17.4 Å². The highest BCUT2D eigenvalue weighted by Gasteiger charge is 2.29. The number of rotatable bonds is 3. The van der Waals surface area contributed by atoms with Crippen LogP contribution in [0.5, 0.6) is 0 Å². The summed E-state index contributed by atoms with van der Waals surface area (Å²) >= 11 is 0. The molecule has 1 aromatic carbocycles. The van der Waals surface area contributed by atoms with Gasteiger partial charge in [0.2, 0.25) is 0 Å². The molecule has 6 heteroatoms. The molecule has 0 aliphatic rings. The van der Waals surface area contributed by atoms with Crippen LogP contribution in [0.3, 0.4) is 0 Å². The van der Waals surface area contributed by atoms with Gasteiger partial charge in [-0.25, -0.2) is 13.2 Å². The van der Waals surface area contributed by atoms with Gasteiger partial charge in [-0.15, -0.1) is 0 Å². The molecule has 0 aromatic heterocycles. The largest absolute Gasteiger partial charge is 0.459 e. The number of ketones is 1. The number of hydrogen-bond acceptors (Lipinski definition) is 3. The normalized spacial score (nSPS) is 12.9. The average Bonchev–Trinajstić information content (AvgIpc) is 2.31. The molecule has 0 saturated carbocycles. The zero-order valence-electron chi connectivity index (χ0n) is 11.6. The van der Waals surface area contributed by atoms with Crippen molar-refractivity contribution in [1.29, 1.82) is 0 Å². The number of halogens is 3. The third-order valence-electron chi connectivity index (χ3n) is 2.42. The lowest BCUT2D eigenvalue weighted by molar-refractivity contribution is -0.157. The first kappa shape index (κ1) is 16.2.